The second-order valence-corrected chi connectivity index (χ2v) is 5.11. The van der Waals surface area contributed by atoms with Gasteiger partial charge in [0.05, 0.1) is 0 Å². The minimum absolute atomic E-state index is 0.125. The molecule has 1 atom stereocenters. The predicted octanol–water partition coefficient (Wildman–Crippen LogP) is 0.206. The van der Waals surface area contributed by atoms with Crippen LogP contribution in [0.2, 0.25) is 0 Å². The summed E-state index contributed by atoms with van der Waals surface area (Å²) >= 11 is 0. The zero-order valence-corrected chi connectivity index (χ0v) is 11.1. The average Bonchev–Trinajstić information content (AvgIpc) is 2.42. The molecule has 2 N–H and O–H groups in total. The van der Waals surface area contributed by atoms with Crippen molar-refractivity contribution >= 4 is 5.97 Å². The van der Waals surface area contributed by atoms with Crippen LogP contribution in [0, 0.1) is 0 Å². The highest BCUT2D eigenvalue weighted by Gasteiger charge is 2.40. The molecule has 0 aromatic heterocycles. The van der Waals surface area contributed by atoms with Gasteiger partial charge in [0, 0.05) is 32.7 Å². The molecule has 1 heterocycles. The smallest absolute Gasteiger partial charge is 0.341 e. The van der Waals surface area contributed by atoms with Crippen molar-refractivity contribution < 1.29 is 15.0 Å². The van der Waals surface area contributed by atoms with Gasteiger partial charge in [-0.2, -0.15) is 0 Å². The van der Waals surface area contributed by atoms with E-state index in [1.807, 2.05) is 18.0 Å². The molecule has 0 saturated carbocycles. The summed E-state index contributed by atoms with van der Waals surface area (Å²) in [5.74, 6) is -1.20. The molecule has 1 aliphatic rings. The molecule has 1 saturated heterocycles. The molecule has 1 aromatic rings. The molecule has 1 aliphatic heterocycles. The lowest BCUT2D eigenvalue weighted by Crippen LogP contribution is -2.52. The van der Waals surface area contributed by atoms with E-state index in [1.165, 1.54) is 0 Å². The number of aliphatic carboxylic acids is 1. The molecule has 19 heavy (non-hydrogen) atoms. The average molecular weight is 264 g/mol. The highest BCUT2D eigenvalue weighted by atomic mass is 16.4. The van der Waals surface area contributed by atoms with Crippen LogP contribution in [0.3, 0.4) is 0 Å². The molecule has 0 aliphatic carbocycles. The van der Waals surface area contributed by atoms with E-state index < -0.39 is 11.6 Å². The third-order valence-electron chi connectivity index (χ3n) is 3.65. The van der Waals surface area contributed by atoms with E-state index in [1.54, 1.807) is 24.3 Å². The van der Waals surface area contributed by atoms with Gasteiger partial charge < -0.3 is 15.1 Å². The Morgan fingerprint density at radius 1 is 1.21 bits per heavy atom. The molecule has 0 spiro atoms. The van der Waals surface area contributed by atoms with Crippen LogP contribution in [0.5, 0.6) is 0 Å². The number of likely N-dealkylation sites (N-methyl/N-ethyl adjacent to an activating group) is 1. The highest BCUT2D eigenvalue weighted by Crippen LogP contribution is 2.23. The van der Waals surface area contributed by atoms with Crippen LogP contribution < -0.4 is 0 Å². The minimum atomic E-state index is -1.84. The van der Waals surface area contributed by atoms with Gasteiger partial charge in [-0.15, -0.1) is 0 Å². The number of carboxylic acid groups (broad SMARTS) is 1. The van der Waals surface area contributed by atoms with E-state index in [2.05, 4.69) is 4.90 Å². The van der Waals surface area contributed by atoms with E-state index >= 15 is 0 Å². The SMILES string of the molecule is CN1CCN(CC(O)(C(=O)O)c2ccccc2)CC1. The molecule has 104 valence electrons. The number of carboxylic acids is 1. The Kier molecular flexibility index (Phi) is 4.19. The summed E-state index contributed by atoms with van der Waals surface area (Å²) in [5, 5.41) is 19.9. The summed E-state index contributed by atoms with van der Waals surface area (Å²) < 4.78 is 0. The zero-order valence-electron chi connectivity index (χ0n) is 11.1. The van der Waals surface area contributed by atoms with Crippen LogP contribution in [-0.2, 0) is 10.4 Å². The van der Waals surface area contributed by atoms with Gasteiger partial charge in [0.15, 0.2) is 5.60 Å². The van der Waals surface area contributed by atoms with Crippen molar-refractivity contribution in [2.24, 2.45) is 0 Å². The summed E-state index contributed by atoms with van der Waals surface area (Å²) in [6, 6.07) is 8.61. The first-order chi connectivity index (χ1) is 9.02. The van der Waals surface area contributed by atoms with Gasteiger partial charge in [-0.25, -0.2) is 4.79 Å². The molecule has 0 radical (unpaired) electrons. The molecule has 0 amide bonds. The van der Waals surface area contributed by atoms with Crippen molar-refractivity contribution in [1.29, 1.82) is 0 Å². The summed E-state index contributed by atoms with van der Waals surface area (Å²) in [6.45, 7) is 3.47. The third-order valence-corrected chi connectivity index (χ3v) is 3.65. The van der Waals surface area contributed by atoms with Gasteiger partial charge in [-0.05, 0) is 12.6 Å². The van der Waals surface area contributed by atoms with Crippen LogP contribution in [0.25, 0.3) is 0 Å². The largest absolute Gasteiger partial charge is 0.479 e. The lowest BCUT2D eigenvalue weighted by atomic mass is 9.93. The van der Waals surface area contributed by atoms with E-state index in [-0.39, 0.29) is 6.54 Å². The second kappa shape index (κ2) is 5.69. The summed E-state index contributed by atoms with van der Waals surface area (Å²) in [5.41, 5.74) is -1.40. The number of hydrogen-bond acceptors (Lipinski definition) is 4. The van der Waals surface area contributed by atoms with Crippen LogP contribution >= 0.6 is 0 Å². The fourth-order valence-electron chi connectivity index (χ4n) is 2.33. The number of hydrogen-bond donors (Lipinski definition) is 2. The number of piperazine rings is 1. The van der Waals surface area contributed by atoms with Crippen molar-refractivity contribution in [1.82, 2.24) is 9.80 Å². The zero-order chi connectivity index (χ0) is 13.9. The monoisotopic (exact) mass is 264 g/mol. The van der Waals surface area contributed by atoms with Gasteiger partial charge in [0.25, 0.3) is 0 Å². The van der Waals surface area contributed by atoms with Crippen molar-refractivity contribution in [3.8, 4) is 0 Å². The summed E-state index contributed by atoms with van der Waals surface area (Å²) in [4.78, 5) is 15.7. The van der Waals surface area contributed by atoms with E-state index in [9.17, 15) is 15.0 Å². The number of carbonyl (C=O) groups is 1. The standard InChI is InChI=1S/C14H20N2O3/c1-15-7-9-16(10-8-15)11-14(19,13(17)18)12-5-3-2-4-6-12/h2-6,19H,7-11H2,1H3,(H,17,18). The van der Waals surface area contributed by atoms with Gasteiger partial charge in [0.1, 0.15) is 0 Å². The predicted molar refractivity (Wildman–Crippen MR) is 71.9 cm³/mol. The normalized spacial score (nSPS) is 20.9. The Labute approximate surface area is 113 Å². The molecule has 5 nitrogen and oxygen atoms in total. The quantitative estimate of drug-likeness (QED) is 0.814. The summed E-state index contributed by atoms with van der Waals surface area (Å²) in [7, 11) is 2.04. The Hall–Kier alpha value is -1.43. The number of nitrogens with zero attached hydrogens (tertiary/aromatic N) is 2. The van der Waals surface area contributed by atoms with E-state index in [4.69, 9.17) is 0 Å². The maximum absolute atomic E-state index is 11.5. The van der Waals surface area contributed by atoms with Crippen molar-refractivity contribution in [3.63, 3.8) is 0 Å². The highest BCUT2D eigenvalue weighted by molar-refractivity contribution is 5.79. The molecule has 1 aromatic carbocycles. The number of aliphatic hydroxyl groups is 1. The third kappa shape index (κ3) is 3.12. The molecule has 5 heteroatoms. The van der Waals surface area contributed by atoms with Crippen LogP contribution in [0.4, 0.5) is 0 Å². The Morgan fingerprint density at radius 2 is 1.79 bits per heavy atom. The number of benzene rings is 1. The first-order valence-electron chi connectivity index (χ1n) is 6.44. The van der Waals surface area contributed by atoms with Gasteiger partial charge in [0.2, 0.25) is 0 Å². The molecular formula is C14H20N2O3. The van der Waals surface area contributed by atoms with Gasteiger partial charge in [-0.3, -0.25) is 4.90 Å². The topological polar surface area (TPSA) is 64.0 Å². The molecular weight excluding hydrogens is 244 g/mol. The molecule has 0 bridgehead atoms. The number of β-amino-alcohol motifs (C(OH)–C–C–N with tert-alkyl or cyclic N) is 1. The van der Waals surface area contributed by atoms with Crippen LogP contribution in [0.15, 0.2) is 30.3 Å². The maximum Gasteiger partial charge on any atom is 0.341 e. The van der Waals surface area contributed by atoms with Crippen LogP contribution in [-0.4, -0.2) is 65.8 Å². The first-order valence-corrected chi connectivity index (χ1v) is 6.44. The lowest BCUT2D eigenvalue weighted by Gasteiger charge is -2.36. The van der Waals surface area contributed by atoms with Gasteiger partial charge in [-0.1, -0.05) is 30.3 Å². The van der Waals surface area contributed by atoms with E-state index in [0.29, 0.717) is 5.56 Å². The Morgan fingerprint density at radius 3 is 2.32 bits per heavy atom. The van der Waals surface area contributed by atoms with Crippen molar-refractivity contribution in [2.45, 2.75) is 5.60 Å². The van der Waals surface area contributed by atoms with Crippen LogP contribution in [0.1, 0.15) is 5.56 Å². The Balaban J connectivity index is 2.14. The first kappa shape index (κ1) is 14.0. The fraction of sp³-hybridized carbons (Fsp3) is 0.500. The molecule has 1 fully saturated rings. The molecule has 2 rings (SSSR count). The maximum atomic E-state index is 11.5. The van der Waals surface area contributed by atoms with Crippen molar-refractivity contribution in [3.05, 3.63) is 35.9 Å². The Bertz CT molecular complexity index is 430. The fourth-order valence-corrected chi connectivity index (χ4v) is 2.33. The minimum Gasteiger partial charge on any atom is -0.479 e. The lowest BCUT2D eigenvalue weighted by molar-refractivity contribution is -0.162. The van der Waals surface area contributed by atoms with Gasteiger partial charge >= 0.3 is 5.97 Å². The van der Waals surface area contributed by atoms with Crippen molar-refractivity contribution in [2.75, 3.05) is 39.8 Å². The van der Waals surface area contributed by atoms with E-state index in [0.717, 1.165) is 26.2 Å². The second-order valence-electron chi connectivity index (χ2n) is 5.11. The number of rotatable bonds is 4. The summed E-state index contributed by atoms with van der Waals surface area (Å²) in [6.07, 6.45) is 0. The molecule has 1 unspecified atom stereocenters.